The average Bonchev–Trinajstić information content (AvgIpc) is 2.85. The van der Waals surface area contributed by atoms with Crippen LogP contribution in [0.4, 0.5) is 15.3 Å². The van der Waals surface area contributed by atoms with Gasteiger partial charge in [0, 0.05) is 53.0 Å². The highest BCUT2D eigenvalue weighted by atomic mass is 16.7. The first-order valence-electron chi connectivity index (χ1n) is 12.9. The molecule has 1 aliphatic rings. The molecule has 1 unspecified atom stereocenters. The number of rotatable bonds is 11. The number of anilines is 1. The third kappa shape index (κ3) is 10.9. The van der Waals surface area contributed by atoms with Crippen molar-refractivity contribution in [3.63, 3.8) is 0 Å². The lowest BCUT2D eigenvalue weighted by Gasteiger charge is -2.31. The van der Waals surface area contributed by atoms with Crippen LogP contribution in [0.1, 0.15) is 45.6 Å². The largest absolute Gasteiger partial charge is 0.479 e. The minimum absolute atomic E-state index is 0.0365. The molecule has 0 aromatic heterocycles. The fourth-order valence-electron chi connectivity index (χ4n) is 3.53. The normalized spacial score (nSPS) is 18.8. The van der Waals surface area contributed by atoms with E-state index in [0.717, 1.165) is 0 Å². The highest BCUT2D eigenvalue weighted by Crippen LogP contribution is 2.31. The highest BCUT2D eigenvalue weighted by Gasteiger charge is 2.34. The summed E-state index contributed by atoms with van der Waals surface area (Å²) in [5, 5.41) is 22.0. The van der Waals surface area contributed by atoms with Gasteiger partial charge in [-0.2, -0.15) is 0 Å². The second-order valence-electron chi connectivity index (χ2n) is 10.4. The fraction of sp³-hybridized carbons (Fsp3) is 0.615. The van der Waals surface area contributed by atoms with Crippen LogP contribution in [-0.4, -0.2) is 102 Å². The number of benzene rings is 1. The zero-order valence-electron chi connectivity index (χ0n) is 23.5. The van der Waals surface area contributed by atoms with E-state index in [1.807, 2.05) is 0 Å². The predicted molar refractivity (Wildman–Crippen MR) is 143 cm³/mol. The van der Waals surface area contributed by atoms with Gasteiger partial charge in [0.05, 0.1) is 11.8 Å². The molecule has 1 saturated heterocycles. The molecule has 3 amide bonds. The Bertz CT molecular complexity index is 1040. The summed E-state index contributed by atoms with van der Waals surface area (Å²) in [6, 6.07) is 4.66. The summed E-state index contributed by atoms with van der Waals surface area (Å²) in [5.41, 5.74) is 5.59. The maximum absolute atomic E-state index is 12.5. The SMILES string of the molecule is CN(CCN(C)C(=O)OC(C)(C)C)C(=O)OCc1ccc(O[C@H]2C[C@@H](O)CC(C(=O)O)O2)c(NC(=O)CCN)c1. The standard InChI is InChI=1S/C26H40N4O10/c1-26(2,3)40-25(36)30(5)11-10-29(4)24(35)37-15-16-6-7-19(18(12-16)28-21(32)8-9-27)38-22-14-17(31)13-20(39-22)23(33)34/h6-7,12,17,20,22,31H,8-11,13-15,27H2,1-5H3,(H,28,32)(H,33,34)/t17-,20?,22+/m0/s1. The maximum Gasteiger partial charge on any atom is 0.410 e. The summed E-state index contributed by atoms with van der Waals surface area (Å²) < 4.78 is 21.9. The van der Waals surface area contributed by atoms with Gasteiger partial charge in [-0.1, -0.05) is 6.07 Å². The first kappa shape index (κ1) is 32.6. The molecule has 1 aliphatic heterocycles. The minimum Gasteiger partial charge on any atom is -0.479 e. The molecule has 14 nitrogen and oxygen atoms in total. The van der Waals surface area contributed by atoms with Gasteiger partial charge in [-0.25, -0.2) is 14.4 Å². The van der Waals surface area contributed by atoms with Gasteiger partial charge in [-0.05, 0) is 38.5 Å². The van der Waals surface area contributed by atoms with Crippen molar-refractivity contribution in [3.05, 3.63) is 23.8 Å². The number of hydrogen-bond acceptors (Lipinski definition) is 10. The topological polar surface area (TPSA) is 190 Å². The third-order valence-electron chi connectivity index (χ3n) is 5.64. The fourth-order valence-corrected chi connectivity index (χ4v) is 3.53. The molecule has 2 rings (SSSR count). The van der Waals surface area contributed by atoms with E-state index in [2.05, 4.69) is 5.32 Å². The van der Waals surface area contributed by atoms with Crippen LogP contribution in [0.2, 0.25) is 0 Å². The molecule has 0 spiro atoms. The number of ether oxygens (including phenoxy) is 4. The van der Waals surface area contributed by atoms with Gasteiger partial charge in [-0.3, -0.25) is 4.79 Å². The van der Waals surface area contributed by atoms with Crippen LogP contribution in [0.15, 0.2) is 18.2 Å². The number of carbonyl (C=O) groups excluding carboxylic acids is 3. The number of carboxylic acids is 1. The zero-order chi connectivity index (χ0) is 30.0. The molecule has 1 aromatic rings. The van der Waals surface area contributed by atoms with E-state index in [-0.39, 0.29) is 62.8 Å². The molecule has 0 bridgehead atoms. The first-order chi connectivity index (χ1) is 18.7. The lowest BCUT2D eigenvalue weighted by molar-refractivity contribution is -0.195. The van der Waals surface area contributed by atoms with Crippen LogP contribution in [0.3, 0.4) is 0 Å². The Morgan fingerprint density at radius 3 is 2.35 bits per heavy atom. The summed E-state index contributed by atoms with van der Waals surface area (Å²) in [6.07, 6.45) is -4.35. The Kier molecular flexibility index (Phi) is 12.0. The molecule has 14 heteroatoms. The number of aliphatic hydroxyl groups excluding tert-OH is 1. The average molecular weight is 569 g/mol. The Labute approximate surface area is 233 Å². The maximum atomic E-state index is 12.5. The number of nitrogens with one attached hydrogen (secondary N) is 1. The number of carbonyl (C=O) groups is 4. The molecule has 5 N–H and O–H groups in total. The van der Waals surface area contributed by atoms with Crippen molar-refractivity contribution in [2.24, 2.45) is 5.73 Å². The quantitative estimate of drug-likeness (QED) is 0.304. The van der Waals surface area contributed by atoms with Gasteiger partial charge >= 0.3 is 18.2 Å². The molecule has 0 saturated carbocycles. The summed E-state index contributed by atoms with van der Waals surface area (Å²) in [6.45, 7) is 5.70. The van der Waals surface area contributed by atoms with Crippen molar-refractivity contribution in [2.75, 3.05) is 39.0 Å². The first-order valence-corrected chi connectivity index (χ1v) is 12.9. The van der Waals surface area contributed by atoms with E-state index in [0.29, 0.717) is 5.56 Å². The van der Waals surface area contributed by atoms with Gasteiger partial charge in [-0.15, -0.1) is 0 Å². The smallest absolute Gasteiger partial charge is 0.410 e. The van der Waals surface area contributed by atoms with Crippen molar-refractivity contribution in [3.8, 4) is 5.75 Å². The Morgan fingerprint density at radius 1 is 1.10 bits per heavy atom. The zero-order valence-corrected chi connectivity index (χ0v) is 23.5. The Balaban J connectivity index is 2.03. The number of aliphatic hydroxyl groups is 1. The van der Waals surface area contributed by atoms with Crippen LogP contribution in [0, 0.1) is 0 Å². The number of nitrogens with two attached hydrogens (primary N) is 1. The van der Waals surface area contributed by atoms with Crippen molar-refractivity contribution in [1.29, 1.82) is 0 Å². The number of carboxylic acid groups (broad SMARTS) is 1. The van der Waals surface area contributed by atoms with Gasteiger partial charge in [0.15, 0.2) is 6.10 Å². The number of hydrogen-bond donors (Lipinski definition) is 4. The van der Waals surface area contributed by atoms with Crippen molar-refractivity contribution in [1.82, 2.24) is 9.80 Å². The van der Waals surface area contributed by atoms with E-state index >= 15 is 0 Å². The number of likely N-dealkylation sites (N-methyl/N-ethyl adjacent to an activating group) is 2. The highest BCUT2D eigenvalue weighted by molar-refractivity contribution is 5.92. The van der Waals surface area contributed by atoms with E-state index in [4.69, 9.17) is 24.7 Å². The van der Waals surface area contributed by atoms with Gasteiger partial charge in [0.1, 0.15) is 18.0 Å². The second-order valence-corrected chi connectivity index (χ2v) is 10.4. The van der Waals surface area contributed by atoms with E-state index in [9.17, 15) is 29.4 Å². The van der Waals surface area contributed by atoms with Crippen molar-refractivity contribution >= 4 is 29.8 Å². The minimum atomic E-state index is -1.23. The van der Waals surface area contributed by atoms with Crippen LogP contribution < -0.4 is 15.8 Å². The third-order valence-corrected chi connectivity index (χ3v) is 5.64. The molecular formula is C26H40N4O10. The van der Waals surface area contributed by atoms with Gasteiger partial charge in [0.2, 0.25) is 12.2 Å². The molecule has 0 radical (unpaired) electrons. The van der Waals surface area contributed by atoms with Crippen LogP contribution in [-0.2, 0) is 30.4 Å². The van der Waals surface area contributed by atoms with Crippen molar-refractivity contribution < 1.29 is 48.3 Å². The second kappa shape index (κ2) is 14.7. The molecule has 224 valence electrons. The molecule has 3 atom stereocenters. The van der Waals surface area contributed by atoms with Crippen LogP contribution in [0.5, 0.6) is 5.75 Å². The van der Waals surface area contributed by atoms with Gasteiger partial charge in [0.25, 0.3) is 0 Å². The van der Waals surface area contributed by atoms with Gasteiger partial charge < -0.3 is 50.0 Å². The number of nitrogens with zero attached hydrogens (tertiary/aromatic N) is 2. The Hall–Kier alpha value is -3.62. The molecular weight excluding hydrogens is 528 g/mol. The molecule has 0 aliphatic carbocycles. The van der Waals surface area contributed by atoms with Crippen molar-refractivity contribution in [2.45, 2.75) is 70.7 Å². The van der Waals surface area contributed by atoms with E-state index in [1.165, 1.54) is 22.9 Å². The summed E-state index contributed by atoms with van der Waals surface area (Å²) in [4.78, 5) is 50.8. The monoisotopic (exact) mass is 568 g/mol. The Morgan fingerprint density at radius 2 is 1.75 bits per heavy atom. The molecule has 1 heterocycles. The predicted octanol–water partition coefficient (Wildman–Crippen LogP) is 1.74. The summed E-state index contributed by atoms with van der Waals surface area (Å²) >= 11 is 0. The van der Waals surface area contributed by atoms with Crippen LogP contribution in [0.25, 0.3) is 0 Å². The molecule has 1 aromatic carbocycles. The van der Waals surface area contributed by atoms with E-state index < -0.39 is 42.3 Å². The lowest BCUT2D eigenvalue weighted by atomic mass is 10.1. The van der Waals surface area contributed by atoms with E-state index in [1.54, 1.807) is 40.0 Å². The van der Waals surface area contributed by atoms with Crippen LogP contribution >= 0.6 is 0 Å². The number of aliphatic carboxylic acids is 1. The summed E-state index contributed by atoms with van der Waals surface area (Å²) in [7, 11) is 3.10. The number of amides is 3. The molecule has 40 heavy (non-hydrogen) atoms. The lowest BCUT2D eigenvalue weighted by Crippen LogP contribution is -2.42. The molecule has 1 fully saturated rings. The summed E-state index contributed by atoms with van der Waals surface area (Å²) in [5.74, 6) is -1.43.